The molecule has 0 unspecified atom stereocenters. The molecule has 25 heavy (non-hydrogen) atoms. The Kier molecular flexibility index (Phi) is 4.44. The minimum absolute atomic E-state index is 0.169. The van der Waals surface area contributed by atoms with Crippen LogP contribution in [0, 0.1) is 11.3 Å². The molecule has 0 aliphatic rings. The van der Waals surface area contributed by atoms with Crippen LogP contribution >= 0.6 is 0 Å². The van der Waals surface area contributed by atoms with Gasteiger partial charge in [0.05, 0.1) is 17.3 Å². The minimum Gasteiger partial charge on any atom is -0.326 e. The van der Waals surface area contributed by atoms with Gasteiger partial charge in [0.25, 0.3) is 5.56 Å². The van der Waals surface area contributed by atoms with Crippen LogP contribution in [0.4, 0.5) is 5.69 Å². The van der Waals surface area contributed by atoms with Crippen LogP contribution < -0.4 is 10.9 Å². The molecule has 0 bridgehead atoms. The molecule has 5 nitrogen and oxygen atoms in total. The predicted molar refractivity (Wildman–Crippen MR) is 96.5 cm³/mol. The molecule has 0 aliphatic carbocycles. The summed E-state index contributed by atoms with van der Waals surface area (Å²) in [7, 11) is 0. The Bertz CT molecular complexity index is 1030. The molecule has 5 heteroatoms. The number of amides is 1. The Hall–Kier alpha value is -3.65. The monoisotopic (exact) mass is 329 g/mol. The van der Waals surface area contributed by atoms with Crippen LogP contribution in [-0.2, 0) is 4.79 Å². The lowest BCUT2D eigenvalue weighted by Crippen LogP contribution is -2.16. The zero-order chi connectivity index (χ0) is 17.8. The van der Waals surface area contributed by atoms with E-state index in [1.54, 1.807) is 48.7 Å². The standard InChI is InChI=1S/C20H15N3O2/c1-14(24)22-18-3-2-4-19(11-18)23-13-17(9-10-20(23)25)16-7-5-15(12-21)6-8-16/h2-11,13H,1H3,(H,22,24). The first-order valence-corrected chi connectivity index (χ1v) is 7.68. The maximum atomic E-state index is 12.3. The molecule has 3 rings (SSSR count). The number of aromatic nitrogens is 1. The molecule has 2 aromatic carbocycles. The number of hydrogen-bond donors (Lipinski definition) is 1. The van der Waals surface area contributed by atoms with Crippen molar-refractivity contribution in [2.45, 2.75) is 6.92 Å². The number of nitrogens with zero attached hydrogens (tertiary/aromatic N) is 2. The number of pyridine rings is 1. The van der Waals surface area contributed by atoms with E-state index in [9.17, 15) is 9.59 Å². The van der Waals surface area contributed by atoms with Crippen molar-refractivity contribution >= 4 is 11.6 Å². The van der Waals surface area contributed by atoms with Gasteiger partial charge in [0.1, 0.15) is 0 Å². The van der Waals surface area contributed by atoms with E-state index in [1.807, 2.05) is 12.1 Å². The minimum atomic E-state index is -0.171. The second-order valence-corrected chi connectivity index (χ2v) is 5.55. The van der Waals surface area contributed by atoms with Gasteiger partial charge >= 0.3 is 0 Å². The predicted octanol–water partition coefficient (Wildman–Crippen LogP) is 3.33. The van der Waals surface area contributed by atoms with Gasteiger partial charge in [-0.1, -0.05) is 18.2 Å². The van der Waals surface area contributed by atoms with Crippen molar-refractivity contribution in [1.82, 2.24) is 4.57 Å². The van der Waals surface area contributed by atoms with Crippen LogP contribution in [-0.4, -0.2) is 10.5 Å². The molecule has 0 spiro atoms. The molecule has 1 aromatic heterocycles. The molecule has 3 aromatic rings. The van der Waals surface area contributed by atoms with E-state index >= 15 is 0 Å². The number of carbonyl (C=O) groups is 1. The number of nitrogens with one attached hydrogen (secondary N) is 1. The molecule has 0 fully saturated rings. The van der Waals surface area contributed by atoms with Crippen molar-refractivity contribution in [3.63, 3.8) is 0 Å². The van der Waals surface area contributed by atoms with Gasteiger partial charge in [-0.05, 0) is 47.5 Å². The molecule has 0 atom stereocenters. The number of hydrogen-bond acceptors (Lipinski definition) is 3. The van der Waals surface area contributed by atoms with Crippen molar-refractivity contribution in [3.05, 3.63) is 82.8 Å². The first-order chi connectivity index (χ1) is 12.1. The van der Waals surface area contributed by atoms with Crippen molar-refractivity contribution in [1.29, 1.82) is 5.26 Å². The quantitative estimate of drug-likeness (QED) is 0.801. The smallest absolute Gasteiger partial charge is 0.255 e. The van der Waals surface area contributed by atoms with Crippen molar-refractivity contribution in [2.75, 3.05) is 5.32 Å². The lowest BCUT2D eigenvalue weighted by molar-refractivity contribution is -0.114. The average molecular weight is 329 g/mol. The van der Waals surface area contributed by atoms with Crippen LogP contribution in [0.25, 0.3) is 16.8 Å². The summed E-state index contributed by atoms with van der Waals surface area (Å²) in [6.45, 7) is 1.43. The van der Waals surface area contributed by atoms with Gasteiger partial charge in [-0.15, -0.1) is 0 Å². The average Bonchev–Trinajstić information content (AvgIpc) is 2.62. The molecule has 0 aliphatic heterocycles. The van der Waals surface area contributed by atoms with E-state index < -0.39 is 0 Å². The van der Waals surface area contributed by atoms with Crippen molar-refractivity contribution < 1.29 is 4.79 Å². The van der Waals surface area contributed by atoms with E-state index in [1.165, 1.54) is 17.6 Å². The molecule has 0 saturated carbocycles. The third-order valence-corrected chi connectivity index (χ3v) is 3.70. The fourth-order valence-electron chi connectivity index (χ4n) is 2.53. The lowest BCUT2D eigenvalue weighted by atomic mass is 10.1. The second-order valence-electron chi connectivity index (χ2n) is 5.55. The van der Waals surface area contributed by atoms with Gasteiger partial charge < -0.3 is 5.32 Å². The highest BCUT2D eigenvalue weighted by molar-refractivity contribution is 5.88. The highest BCUT2D eigenvalue weighted by atomic mass is 16.1. The molecule has 1 amide bonds. The zero-order valence-corrected chi connectivity index (χ0v) is 13.6. The van der Waals surface area contributed by atoms with Crippen LogP contribution in [0.3, 0.4) is 0 Å². The summed E-state index contributed by atoms with van der Waals surface area (Å²) < 4.78 is 1.53. The summed E-state index contributed by atoms with van der Waals surface area (Å²) in [5.41, 5.74) is 3.46. The normalized spacial score (nSPS) is 10.1. The first-order valence-electron chi connectivity index (χ1n) is 7.68. The van der Waals surface area contributed by atoms with E-state index in [0.29, 0.717) is 16.9 Å². The SMILES string of the molecule is CC(=O)Nc1cccc(-n2cc(-c3ccc(C#N)cc3)ccc2=O)c1. The van der Waals surface area contributed by atoms with Gasteiger partial charge in [-0.3, -0.25) is 14.2 Å². The Balaban J connectivity index is 2.04. The summed E-state index contributed by atoms with van der Waals surface area (Å²) in [6, 6.07) is 19.6. The van der Waals surface area contributed by atoms with Gasteiger partial charge in [-0.25, -0.2) is 0 Å². The maximum Gasteiger partial charge on any atom is 0.255 e. The largest absolute Gasteiger partial charge is 0.326 e. The number of carbonyl (C=O) groups excluding carboxylic acids is 1. The Morgan fingerprint density at radius 1 is 1.04 bits per heavy atom. The summed E-state index contributed by atoms with van der Waals surface area (Å²) in [5, 5.41) is 11.6. The van der Waals surface area contributed by atoms with Gasteiger partial charge in [-0.2, -0.15) is 5.26 Å². The molecule has 122 valence electrons. The van der Waals surface area contributed by atoms with Crippen LogP contribution in [0.5, 0.6) is 0 Å². The highest BCUT2D eigenvalue weighted by Crippen LogP contribution is 2.20. The Morgan fingerprint density at radius 2 is 1.76 bits per heavy atom. The molecular weight excluding hydrogens is 314 g/mol. The second kappa shape index (κ2) is 6.85. The van der Waals surface area contributed by atoms with Gasteiger partial charge in [0.15, 0.2) is 0 Å². The van der Waals surface area contributed by atoms with Crippen LogP contribution in [0.15, 0.2) is 71.7 Å². The Labute approximate surface area is 144 Å². The summed E-state index contributed by atoms with van der Waals surface area (Å²) in [4.78, 5) is 23.5. The lowest BCUT2D eigenvalue weighted by Gasteiger charge is -2.10. The molecular formula is C20H15N3O2. The molecule has 1 heterocycles. The zero-order valence-electron chi connectivity index (χ0n) is 13.6. The molecule has 1 N–H and O–H groups in total. The van der Waals surface area contributed by atoms with E-state index in [0.717, 1.165) is 11.1 Å². The highest BCUT2D eigenvalue weighted by Gasteiger charge is 2.05. The summed E-state index contributed by atoms with van der Waals surface area (Å²) >= 11 is 0. The van der Waals surface area contributed by atoms with Crippen LogP contribution in [0.1, 0.15) is 12.5 Å². The summed E-state index contributed by atoms with van der Waals surface area (Å²) in [6.07, 6.45) is 1.75. The number of anilines is 1. The molecule has 0 radical (unpaired) electrons. The van der Waals surface area contributed by atoms with E-state index in [2.05, 4.69) is 11.4 Å². The fourth-order valence-corrected chi connectivity index (χ4v) is 2.53. The third kappa shape index (κ3) is 3.65. The van der Waals surface area contributed by atoms with Gasteiger partial charge in [0, 0.05) is 24.9 Å². The van der Waals surface area contributed by atoms with E-state index in [4.69, 9.17) is 5.26 Å². The first kappa shape index (κ1) is 16.2. The van der Waals surface area contributed by atoms with Gasteiger partial charge in [0.2, 0.25) is 5.91 Å². The number of rotatable bonds is 3. The fraction of sp³-hybridized carbons (Fsp3) is 0.0500. The van der Waals surface area contributed by atoms with E-state index in [-0.39, 0.29) is 11.5 Å². The topological polar surface area (TPSA) is 74.9 Å². The summed E-state index contributed by atoms with van der Waals surface area (Å²) in [5.74, 6) is -0.171. The van der Waals surface area contributed by atoms with Crippen LogP contribution in [0.2, 0.25) is 0 Å². The Morgan fingerprint density at radius 3 is 2.44 bits per heavy atom. The van der Waals surface area contributed by atoms with Crippen molar-refractivity contribution in [3.8, 4) is 22.9 Å². The third-order valence-electron chi connectivity index (χ3n) is 3.70. The van der Waals surface area contributed by atoms with Crippen molar-refractivity contribution in [2.24, 2.45) is 0 Å². The maximum absolute atomic E-state index is 12.3. The number of nitriles is 1. The number of benzene rings is 2. The molecule has 0 saturated heterocycles.